The van der Waals surface area contributed by atoms with E-state index >= 15 is 0 Å². The molecule has 0 radical (unpaired) electrons. The fraction of sp³-hybridized carbons (Fsp3) is 0.625. The minimum atomic E-state index is -0.644. The minimum Gasteiger partial charge on any atom is -0.389 e. The van der Waals surface area contributed by atoms with Crippen LogP contribution in [-0.4, -0.2) is 17.3 Å². The lowest BCUT2D eigenvalue weighted by atomic mass is 9.71. The summed E-state index contributed by atoms with van der Waals surface area (Å²) < 4.78 is 13.2. The monoisotopic (exact) mass is 299 g/mol. The zero-order chi connectivity index (χ0) is 14.8. The van der Waals surface area contributed by atoms with Gasteiger partial charge in [0.2, 0.25) is 0 Å². The fourth-order valence-corrected chi connectivity index (χ4v) is 2.86. The average molecular weight is 300 g/mol. The predicted molar refractivity (Wildman–Crippen MR) is 80.3 cm³/mol. The van der Waals surface area contributed by atoms with Crippen LogP contribution in [0.3, 0.4) is 0 Å². The van der Waals surface area contributed by atoms with Crippen LogP contribution in [0, 0.1) is 11.2 Å². The third-order valence-corrected chi connectivity index (χ3v) is 4.68. The molecule has 0 aromatic heterocycles. The number of benzene rings is 1. The second-order valence-corrected chi connectivity index (χ2v) is 7.14. The molecular formula is C16H23ClFNO. The van der Waals surface area contributed by atoms with Crippen LogP contribution in [0.2, 0.25) is 5.02 Å². The first kappa shape index (κ1) is 15.7. The molecule has 0 atom stereocenters. The molecule has 1 fully saturated rings. The summed E-state index contributed by atoms with van der Waals surface area (Å²) in [6, 6.07) is 4.34. The van der Waals surface area contributed by atoms with Gasteiger partial charge < -0.3 is 10.4 Å². The van der Waals surface area contributed by atoms with E-state index in [1.54, 1.807) is 6.07 Å². The maximum Gasteiger partial charge on any atom is 0.123 e. The van der Waals surface area contributed by atoms with Crippen LogP contribution in [0.15, 0.2) is 18.2 Å². The van der Waals surface area contributed by atoms with Crippen molar-refractivity contribution in [1.29, 1.82) is 0 Å². The largest absolute Gasteiger partial charge is 0.389 e. The first-order valence-corrected chi connectivity index (χ1v) is 7.55. The van der Waals surface area contributed by atoms with Gasteiger partial charge in [0.1, 0.15) is 5.82 Å². The maximum absolute atomic E-state index is 13.2. The Balaban J connectivity index is 1.85. The summed E-state index contributed by atoms with van der Waals surface area (Å²) in [5, 5.41) is 14.3. The predicted octanol–water partition coefficient (Wildman–Crippen LogP) is 3.90. The summed E-state index contributed by atoms with van der Waals surface area (Å²) in [5.41, 5.74) is 0.416. The normalized spacial score (nSPS) is 20.9. The zero-order valence-electron chi connectivity index (χ0n) is 12.2. The van der Waals surface area contributed by atoms with E-state index < -0.39 is 5.60 Å². The van der Waals surface area contributed by atoms with Gasteiger partial charge in [-0.25, -0.2) is 4.39 Å². The molecule has 0 bridgehead atoms. The molecule has 0 aliphatic heterocycles. The first-order chi connectivity index (χ1) is 9.30. The standard InChI is InChI=1S/C16H23ClFNO/c1-15(2)5-7-16(20,8-6-15)11-19-10-12-9-13(18)3-4-14(12)17/h3-4,9,19-20H,5-8,10-11H2,1-2H3. The van der Waals surface area contributed by atoms with Crippen LogP contribution in [0.4, 0.5) is 4.39 Å². The third-order valence-electron chi connectivity index (χ3n) is 4.31. The molecule has 4 heteroatoms. The molecule has 2 rings (SSSR count). The van der Waals surface area contributed by atoms with Gasteiger partial charge in [0, 0.05) is 18.1 Å². The summed E-state index contributed by atoms with van der Waals surface area (Å²) in [5.74, 6) is -0.288. The highest BCUT2D eigenvalue weighted by Gasteiger charge is 2.36. The van der Waals surface area contributed by atoms with Crippen molar-refractivity contribution in [3.05, 3.63) is 34.6 Å². The van der Waals surface area contributed by atoms with Crippen LogP contribution in [0.1, 0.15) is 45.1 Å². The van der Waals surface area contributed by atoms with E-state index in [0.717, 1.165) is 31.2 Å². The number of hydrogen-bond donors (Lipinski definition) is 2. The third kappa shape index (κ3) is 4.18. The molecule has 112 valence electrons. The van der Waals surface area contributed by atoms with Gasteiger partial charge in [-0.2, -0.15) is 0 Å². The number of hydrogen-bond acceptors (Lipinski definition) is 2. The Kier molecular flexibility index (Phi) is 4.73. The van der Waals surface area contributed by atoms with E-state index in [0.29, 0.717) is 23.5 Å². The Morgan fingerprint density at radius 3 is 2.55 bits per heavy atom. The smallest absolute Gasteiger partial charge is 0.123 e. The van der Waals surface area contributed by atoms with Gasteiger partial charge in [-0.1, -0.05) is 25.4 Å². The van der Waals surface area contributed by atoms with Crippen molar-refractivity contribution in [1.82, 2.24) is 5.32 Å². The summed E-state index contributed by atoms with van der Waals surface area (Å²) in [4.78, 5) is 0. The topological polar surface area (TPSA) is 32.3 Å². The zero-order valence-corrected chi connectivity index (χ0v) is 12.9. The molecule has 0 saturated heterocycles. The van der Waals surface area contributed by atoms with E-state index in [2.05, 4.69) is 19.2 Å². The van der Waals surface area contributed by atoms with Crippen LogP contribution >= 0.6 is 11.6 Å². The number of aliphatic hydroxyl groups is 1. The van der Waals surface area contributed by atoms with Crippen molar-refractivity contribution in [2.75, 3.05) is 6.54 Å². The summed E-state index contributed by atoms with van der Waals surface area (Å²) in [7, 11) is 0. The lowest BCUT2D eigenvalue weighted by Gasteiger charge is -2.40. The highest BCUT2D eigenvalue weighted by molar-refractivity contribution is 6.31. The molecular weight excluding hydrogens is 277 g/mol. The Bertz CT molecular complexity index is 466. The molecule has 2 nitrogen and oxygen atoms in total. The SMILES string of the molecule is CC1(C)CCC(O)(CNCc2cc(F)ccc2Cl)CC1. The Labute approximate surface area is 125 Å². The van der Waals surface area contributed by atoms with Gasteiger partial charge in [-0.05, 0) is 54.9 Å². The van der Waals surface area contributed by atoms with E-state index in [1.165, 1.54) is 12.1 Å². The van der Waals surface area contributed by atoms with Gasteiger partial charge in [0.05, 0.1) is 5.60 Å². The molecule has 0 unspecified atom stereocenters. The Morgan fingerprint density at radius 1 is 1.25 bits per heavy atom. The van der Waals surface area contributed by atoms with Crippen molar-refractivity contribution in [2.24, 2.45) is 5.41 Å². The second-order valence-electron chi connectivity index (χ2n) is 6.73. The van der Waals surface area contributed by atoms with Gasteiger partial charge in [-0.3, -0.25) is 0 Å². The molecule has 20 heavy (non-hydrogen) atoms. The van der Waals surface area contributed by atoms with Gasteiger partial charge in [0.25, 0.3) is 0 Å². The molecule has 1 aliphatic carbocycles. The van der Waals surface area contributed by atoms with Gasteiger partial charge >= 0.3 is 0 Å². The van der Waals surface area contributed by atoms with Crippen LogP contribution < -0.4 is 5.32 Å². The van der Waals surface area contributed by atoms with E-state index in [-0.39, 0.29) is 5.82 Å². The van der Waals surface area contributed by atoms with E-state index in [1.807, 2.05) is 0 Å². The molecule has 1 saturated carbocycles. The molecule has 1 aromatic rings. The fourth-order valence-electron chi connectivity index (χ4n) is 2.68. The molecule has 1 aliphatic rings. The highest BCUT2D eigenvalue weighted by atomic mass is 35.5. The van der Waals surface area contributed by atoms with Crippen molar-refractivity contribution >= 4 is 11.6 Å². The van der Waals surface area contributed by atoms with Crippen LogP contribution in [-0.2, 0) is 6.54 Å². The first-order valence-electron chi connectivity index (χ1n) is 7.17. The molecule has 2 N–H and O–H groups in total. The molecule has 1 aromatic carbocycles. The quantitative estimate of drug-likeness (QED) is 0.884. The van der Waals surface area contributed by atoms with Crippen LogP contribution in [0.25, 0.3) is 0 Å². The summed E-state index contributed by atoms with van der Waals surface area (Å²) in [6.07, 6.45) is 3.69. The summed E-state index contributed by atoms with van der Waals surface area (Å²) in [6.45, 7) is 5.48. The second kappa shape index (κ2) is 6.00. The van der Waals surface area contributed by atoms with Crippen molar-refractivity contribution in [3.8, 4) is 0 Å². The minimum absolute atomic E-state index is 0.288. The number of nitrogens with one attached hydrogen (secondary N) is 1. The molecule has 0 amide bonds. The average Bonchev–Trinajstić information content (AvgIpc) is 2.38. The Morgan fingerprint density at radius 2 is 1.90 bits per heavy atom. The molecule has 0 heterocycles. The van der Waals surface area contributed by atoms with Crippen molar-refractivity contribution in [2.45, 2.75) is 51.7 Å². The summed E-state index contributed by atoms with van der Waals surface area (Å²) >= 11 is 6.02. The maximum atomic E-state index is 13.2. The lowest BCUT2D eigenvalue weighted by Crippen LogP contribution is -2.44. The van der Waals surface area contributed by atoms with Crippen molar-refractivity contribution in [3.63, 3.8) is 0 Å². The number of rotatable bonds is 4. The van der Waals surface area contributed by atoms with Gasteiger partial charge in [-0.15, -0.1) is 0 Å². The molecule has 0 spiro atoms. The van der Waals surface area contributed by atoms with Crippen molar-refractivity contribution < 1.29 is 9.50 Å². The van der Waals surface area contributed by atoms with Gasteiger partial charge in [0.15, 0.2) is 0 Å². The number of halogens is 2. The lowest BCUT2D eigenvalue weighted by molar-refractivity contribution is -0.0245. The Hall–Kier alpha value is -0.640. The van der Waals surface area contributed by atoms with Crippen LogP contribution in [0.5, 0.6) is 0 Å². The van der Waals surface area contributed by atoms with E-state index in [9.17, 15) is 9.50 Å². The van der Waals surface area contributed by atoms with E-state index in [4.69, 9.17) is 11.6 Å². The highest BCUT2D eigenvalue weighted by Crippen LogP contribution is 2.39.